The molecule has 5 heteroatoms. The highest BCUT2D eigenvalue weighted by atomic mass is 16.1. The molecule has 0 aliphatic carbocycles. The Morgan fingerprint density at radius 2 is 2.24 bits per heavy atom. The molecule has 1 aromatic rings. The molecule has 0 aromatic carbocycles. The first-order valence-corrected chi connectivity index (χ1v) is 5.89. The zero-order valence-corrected chi connectivity index (χ0v) is 10.1. The Kier molecular flexibility index (Phi) is 4.06. The Morgan fingerprint density at radius 3 is 2.82 bits per heavy atom. The topological polar surface area (TPSA) is 57.3 Å². The summed E-state index contributed by atoms with van der Waals surface area (Å²) in [5.74, 6) is -0.140. The lowest BCUT2D eigenvalue weighted by Gasteiger charge is -2.27. The maximum Gasteiger partial charge on any atom is 0.269 e. The van der Waals surface area contributed by atoms with Gasteiger partial charge >= 0.3 is 0 Å². The van der Waals surface area contributed by atoms with Crippen molar-refractivity contribution >= 4 is 5.91 Å². The smallest absolute Gasteiger partial charge is 0.269 e. The van der Waals surface area contributed by atoms with E-state index in [1.807, 2.05) is 6.07 Å². The van der Waals surface area contributed by atoms with Crippen molar-refractivity contribution < 1.29 is 4.79 Å². The van der Waals surface area contributed by atoms with Crippen molar-refractivity contribution in [2.75, 3.05) is 33.2 Å². The molecule has 92 valence electrons. The number of hydrogen-bond acceptors (Lipinski definition) is 4. The van der Waals surface area contributed by atoms with Crippen LogP contribution in [0.5, 0.6) is 0 Å². The monoisotopic (exact) mass is 234 g/mol. The van der Waals surface area contributed by atoms with Gasteiger partial charge in [0.15, 0.2) is 0 Å². The van der Waals surface area contributed by atoms with Gasteiger partial charge in [-0.2, -0.15) is 0 Å². The molecule has 0 saturated carbocycles. The molecule has 1 aliphatic heterocycles. The van der Waals surface area contributed by atoms with Crippen molar-refractivity contribution in [2.45, 2.75) is 6.54 Å². The molecule has 2 heterocycles. The van der Waals surface area contributed by atoms with E-state index in [4.69, 9.17) is 0 Å². The highest BCUT2D eigenvalue weighted by Gasteiger charge is 2.10. The standard InChI is InChI=1S/C12H18N4O/c1-13-12(17)11-3-2-10(8-15-11)9-16-6-4-14-5-7-16/h2-3,8,14H,4-7,9H2,1H3,(H,13,17). The molecule has 0 unspecified atom stereocenters. The lowest BCUT2D eigenvalue weighted by Crippen LogP contribution is -2.42. The first-order valence-electron chi connectivity index (χ1n) is 5.89. The number of rotatable bonds is 3. The molecule has 1 aromatic heterocycles. The Morgan fingerprint density at radius 1 is 1.47 bits per heavy atom. The fourth-order valence-electron chi connectivity index (χ4n) is 1.91. The van der Waals surface area contributed by atoms with Gasteiger partial charge in [0.2, 0.25) is 0 Å². The molecule has 1 amide bonds. The third-order valence-corrected chi connectivity index (χ3v) is 2.90. The molecule has 2 N–H and O–H groups in total. The van der Waals surface area contributed by atoms with E-state index >= 15 is 0 Å². The lowest BCUT2D eigenvalue weighted by atomic mass is 10.2. The predicted molar refractivity (Wildman–Crippen MR) is 65.8 cm³/mol. The molecule has 1 fully saturated rings. The number of carbonyl (C=O) groups excluding carboxylic acids is 1. The number of hydrogen-bond donors (Lipinski definition) is 2. The second-order valence-electron chi connectivity index (χ2n) is 4.16. The number of carbonyl (C=O) groups is 1. The van der Waals surface area contributed by atoms with Crippen LogP contribution < -0.4 is 10.6 Å². The molecule has 5 nitrogen and oxygen atoms in total. The molecule has 0 atom stereocenters. The summed E-state index contributed by atoms with van der Waals surface area (Å²) < 4.78 is 0. The number of aromatic nitrogens is 1. The number of piperazine rings is 1. The highest BCUT2D eigenvalue weighted by Crippen LogP contribution is 2.05. The molecule has 0 radical (unpaired) electrons. The van der Waals surface area contributed by atoms with Gasteiger partial charge in [0.1, 0.15) is 5.69 Å². The third kappa shape index (κ3) is 3.25. The summed E-state index contributed by atoms with van der Waals surface area (Å²) in [6.07, 6.45) is 1.78. The molecule has 1 saturated heterocycles. The largest absolute Gasteiger partial charge is 0.354 e. The molecular weight excluding hydrogens is 216 g/mol. The SMILES string of the molecule is CNC(=O)c1ccc(CN2CCNCC2)cn1. The minimum Gasteiger partial charge on any atom is -0.354 e. The van der Waals surface area contributed by atoms with Crippen LogP contribution in [0.3, 0.4) is 0 Å². The van der Waals surface area contributed by atoms with Gasteiger partial charge in [-0.05, 0) is 11.6 Å². The van der Waals surface area contributed by atoms with Crippen molar-refractivity contribution in [3.63, 3.8) is 0 Å². The number of pyridine rings is 1. The van der Waals surface area contributed by atoms with Gasteiger partial charge in [0, 0.05) is 46.0 Å². The van der Waals surface area contributed by atoms with Crippen LogP contribution in [0, 0.1) is 0 Å². The van der Waals surface area contributed by atoms with Gasteiger partial charge in [-0.1, -0.05) is 6.07 Å². The number of nitrogens with zero attached hydrogens (tertiary/aromatic N) is 2. The summed E-state index contributed by atoms with van der Waals surface area (Å²) in [4.78, 5) is 17.9. The minimum absolute atomic E-state index is 0.140. The van der Waals surface area contributed by atoms with Crippen molar-refractivity contribution in [2.24, 2.45) is 0 Å². The third-order valence-electron chi connectivity index (χ3n) is 2.90. The van der Waals surface area contributed by atoms with Crippen LogP contribution in [0.15, 0.2) is 18.3 Å². The van der Waals surface area contributed by atoms with E-state index < -0.39 is 0 Å². The maximum atomic E-state index is 11.3. The predicted octanol–water partition coefficient (Wildman–Crippen LogP) is -0.154. The zero-order valence-electron chi connectivity index (χ0n) is 10.1. The van der Waals surface area contributed by atoms with E-state index in [2.05, 4.69) is 20.5 Å². The van der Waals surface area contributed by atoms with Crippen molar-refractivity contribution in [1.82, 2.24) is 20.5 Å². The van der Waals surface area contributed by atoms with E-state index in [1.165, 1.54) is 0 Å². The number of amides is 1. The van der Waals surface area contributed by atoms with Crippen LogP contribution in [-0.4, -0.2) is 49.0 Å². The summed E-state index contributed by atoms with van der Waals surface area (Å²) in [5.41, 5.74) is 1.62. The Hall–Kier alpha value is -1.46. The van der Waals surface area contributed by atoms with E-state index in [0.717, 1.165) is 38.3 Å². The Balaban J connectivity index is 1.95. The van der Waals surface area contributed by atoms with Crippen molar-refractivity contribution in [1.29, 1.82) is 0 Å². The summed E-state index contributed by atoms with van der Waals surface area (Å²) in [7, 11) is 1.61. The molecule has 1 aliphatic rings. The molecule has 17 heavy (non-hydrogen) atoms. The van der Waals surface area contributed by atoms with Crippen LogP contribution in [0.2, 0.25) is 0 Å². The highest BCUT2D eigenvalue weighted by molar-refractivity contribution is 5.91. The second-order valence-corrected chi connectivity index (χ2v) is 4.16. The normalized spacial score (nSPS) is 16.8. The van der Waals surface area contributed by atoms with Crippen LogP contribution in [0.25, 0.3) is 0 Å². The quantitative estimate of drug-likeness (QED) is 0.763. The van der Waals surface area contributed by atoms with Crippen molar-refractivity contribution in [3.8, 4) is 0 Å². The maximum absolute atomic E-state index is 11.3. The van der Waals surface area contributed by atoms with Crippen LogP contribution >= 0.6 is 0 Å². The zero-order chi connectivity index (χ0) is 12.1. The van der Waals surface area contributed by atoms with Gasteiger partial charge in [-0.25, -0.2) is 0 Å². The van der Waals surface area contributed by atoms with Gasteiger partial charge in [0.25, 0.3) is 5.91 Å². The Labute approximate surface area is 101 Å². The molecule has 0 bridgehead atoms. The lowest BCUT2D eigenvalue weighted by molar-refractivity contribution is 0.0958. The van der Waals surface area contributed by atoms with Crippen LogP contribution in [-0.2, 0) is 6.54 Å². The minimum atomic E-state index is -0.140. The summed E-state index contributed by atoms with van der Waals surface area (Å²) >= 11 is 0. The van der Waals surface area contributed by atoms with Gasteiger partial charge in [-0.15, -0.1) is 0 Å². The summed E-state index contributed by atoms with van der Waals surface area (Å²) in [6.45, 7) is 5.13. The van der Waals surface area contributed by atoms with Crippen LogP contribution in [0.1, 0.15) is 16.1 Å². The second kappa shape index (κ2) is 5.75. The summed E-state index contributed by atoms with van der Waals surface area (Å²) in [5, 5.41) is 5.88. The number of nitrogens with one attached hydrogen (secondary N) is 2. The van der Waals surface area contributed by atoms with Gasteiger partial charge in [-0.3, -0.25) is 14.7 Å². The molecule has 2 rings (SSSR count). The first kappa shape index (κ1) is 12.0. The average Bonchev–Trinajstić information content (AvgIpc) is 2.40. The fraction of sp³-hybridized carbons (Fsp3) is 0.500. The Bertz CT molecular complexity index is 371. The van der Waals surface area contributed by atoms with E-state index in [9.17, 15) is 4.79 Å². The van der Waals surface area contributed by atoms with Gasteiger partial charge in [0.05, 0.1) is 0 Å². The van der Waals surface area contributed by atoms with E-state index in [1.54, 1.807) is 19.3 Å². The fourth-order valence-corrected chi connectivity index (χ4v) is 1.91. The van der Waals surface area contributed by atoms with Gasteiger partial charge < -0.3 is 10.6 Å². The van der Waals surface area contributed by atoms with Crippen molar-refractivity contribution in [3.05, 3.63) is 29.6 Å². The summed E-state index contributed by atoms with van der Waals surface area (Å²) in [6, 6.07) is 3.75. The van der Waals surface area contributed by atoms with Crippen LogP contribution in [0.4, 0.5) is 0 Å². The molecule has 0 spiro atoms. The van der Waals surface area contributed by atoms with E-state index in [0.29, 0.717) is 5.69 Å². The first-order chi connectivity index (χ1) is 8.29. The average molecular weight is 234 g/mol. The van der Waals surface area contributed by atoms with E-state index in [-0.39, 0.29) is 5.91 Å². The molecular formula is C12H18N4O.